The number of nitrogens with two attached hydrogens (primary N) is 1. The maximum Gasteiger partial charge on any atom is 0.0750 e. The van der Waals surface area contributed by atoms with E-state index in [1.54, 1.807) is 0 Å². The highest BCUT2D eigenvalue weighted by atomic mass is 16.5. The van der Waals surface area contributed by atoms with Crippen molar-refractivity contribution in [3.05, 3.63) is 29.3 Å². The number of anilines is 1. The van der Waals surface area contributed by atoms with Crippen LogP contribution in [-0.2, 0) is 11.2 Å². The van der Waals surface area contributed by atoms with Crippen molar-refractivity contribution >= 4 is 5.69 Å². The number of hydrogen-bond donors (Lipinski definition) is 1. The second-order valence-electron chi connectivity index (χ2n) is 5.86. The minimum Gasteiger partial charge on any atom is -0.376 e. The van der Waals surface area contributed by atoms with E-state index in [0.29, 0.717) is 6.10 Å². The van der Waals surface area contributed by atoms with Gasteiger partial charge in [0.15, 0.2) is 0 Å². The third-order valence-electron chi connectivity index (χ3n) is 4.29. The maximum absolute atomic E-state index is 5.98. The van der Waals surface area contributed by atoms with Crippen LogP contribution in [0, 0.1) is 0 Å². The highest BCUT2D eigenvalue weighted by molar-refractivity contribution is 5.57. The lowest BCUT2D eigenvalue weighted by Gasteiger charge is -2.33. The Hall–Kier alpha value is -1.06. The van der Waals surface area contributed by atoms with E-state index >= 15 is 0 Å². The molecule has 0 amide bonds. The first-order valence-electron chi connectivity index (χ1n) is 7.49. The number of fused-ring (bicyclic) bond motifs is 1. The fourth-order valence-electron chi connectivity index (χ4n) is 3.20. The summed E-state index contributed by atoms with van der Waals surface area (Å²) in [6, 6.07) is 6.85. The molecule has 3 nitrogen and oxygen atoms in total. The molecule has 2 heterocycles. The van der Waals surface area contributed by atoms with Crippen LogP contribution in [0.5, 0.6) is 0 Å². The summed E-state index contributed by atoms with van der Waals surface area (Å²) >= 11 is 0. The Kier molecular flexibility index (Phi) is 3.76. The fourth-order valence-corrected chi connectivity index (χ4v) is 3.20. The Balaban J connectivity index is 1.79. The van der Waals surface area contributed by atoms with Crippen molar-refractivity contribution in [2.24, 2.45) is 5.73 Å². The lowest BCUT2D eigenvalue weighted by atomic mass is 9.96. The van der Waals surface area contributed by atoms with Gasteiger partial charge in [0.25, 0.3) is 0 Å². The van der Waals surface area contributed by atoms with Gasteiger partial charge in [-0.25, -0.2) is 0 Å². The van der Waals surface area contributed by atoms with E-state index < -0.39 is 0 Å². The van der Waals surface area contributed by atoms with Gasteiger partial charge < -0.3 is 15.4 Å². The highest BCUT2D eigenvalue weighted by Gasteiger charge is 2.23. The standard InChI is InChI=1S/C16H24N2O/c1-12(17)13-6-7-16-14(10-13)4-2-8-18(16)11-15-5-3-9-19-15/h6-7,10,12,15H,2-5,8-9,11,17H2,1H3. The van der Waals surface area contributed by atoms with E-state index in [4.69, 9.17) is 10.5 Å². The number of rotatable bonds is 3. The topological polar surface area (TPSA) is 38.5 Å². The van der Waals surface area contributed by atoms with Crippen molar-refractivity contribution in [2.45, 2.75) is 44.8 Å². The van der Waals surface area contributed by atoms with Gasteiger partial charge in [0.1, 0.15) is 0 Å². The van der Waals surface area contributed by atoms with E-state index in [1.807, 2.05) is 0 Å². The second-order valence-corrected chi connectivity index (χ2v) is 5.86. The molecule has 1 fully saturated rings. The summed E-state index contributed by atoms with van der Waals surface area (Å²) in [7, 11) is 0. The normalized spacial score (nSPS) is 24.3. The van der Waals surface area contributed by atoms with Crippen LogP contribution in [0.15, 0.2) is 18.2 Å². The van der Waals surface area contributed by atoms with E-state index in [1.165, 1.54) is 42.5 Å². The van der Waals surface area contributed by atoms with E-state index in [9.17, 15) is 0 Å². The van der Waals surface area contributed by atoms with Crippen LogP contribution < -0.4 is 10.6 Å². The number of hydrogen-bond acceptors (Lipinski definition) is 3. The molecule has 0 saturated carbocycles. The number of benzene rings is 1. The zero-order valence-corrected chi connectivity index (χ0v) is 11.8. The van der Waals surface area contributed by atoms with Gasteiger partial charge in [-0.3, -0.25) is 0 Å². The molecule has 0 aliphatic carbocycles. The SMILES string of the molecule is CC(N)c1ccc2c(c1)CCCN2CC1CCCO1. The molecule has 3 rings (SSSR count). The minimum absolute atomic E-state index is 0.124. The van der Waals surface area contributed by atoms with Crippen LogP contribution in [0.3, 0.4) is 0 Å². The average Bonchev–Trinajstić information content (AvgIpc) is 2.91. The quantitative estimate of drug-likeness (QED) is 0.908. The van der Waals surface area contributed by atoms with Gasteiger partial charge in [0.2, 0.25) is 0 Å². The fraction of sp³-hybridized carbons (Fsp3) is 0.625. The molecule has 0 radical (unpaired) electrons. The molecule has 104 valence electrons. The molecule has 0 spiro atoms. The molecule has 0 bridgehead atoms. The molecule has 2 aliphatic heterocycles. The largest absolute Gasteiger partial charge is 0.376 e. The highest BCUT2D eigenvalue weighted by Crippen LogP contribution is 2.30. The van der Waals surface area contributed by atoms with Crippen LogP contribution in [0.4, 0.5) is 5.69 Å². The van der Waals surface area contributed by atoms with Crippen LogP contribution in [0.2, 0.25) is 0 Å². The van der Waals surface area contributed by atoms with Gasteiger partial charge in [-0.05, 0) is 49.8 Å². The molecule has 2 atom stereocenters. The first-order valence-corrected chi connectivity index (χ1v) is 7.49. The van der Waals surface area contributed by atoms with E-state index in [-0.39, 0.29) is 6.04 Å². The zero-order valence-electron chi connectivity index (χ0n) is 11.8. The average molecular weight is 260 g/mol. The first kappa shape index (κ1) is 12.9. The summed E-state index contributed by atoms with van der Waals surface area (Å²) in [6.45, 7) is 5.19. The summed E-state index contributed by atoms with van der Waals surface area (Å²) in [6.07, 6.45) is 5.28. The predicted molar refractivity (Wildman–Crippen MR) is 78.6 cm³/mol. The van der Waals surface area contributed by atoms with E-state index in [0.717, 1.165) is 19.7 Å². The Morgan fingerprint density at radius 3 is 3.05 bits per heavy atom. The number of aryl methyl sites for hydroxylation is 1. The Morgan fingerprint density at radius 2 is 2.32 bits per heavy atom. The lowest BCUT2D eigenvalue weighted by molar-refractivity contribution is 0.115. The Bertz CT molecular complexity index is 438. The van der Waals surface area contributed by atoms with Gasteiger partial charge in [-0.2, -0.15) is 0 Å². The minimum atomic E-state index is 0.124. The molecular weight excluding hydrogens is 236 g/mol. The summed E-state index contributed by atoms with van der Waals surface area (Å²) in [5.74, 6) is 0. The van der Waals surface area contributed by atoms with Crippen molar-refractivity contribution in [3.8, 4) is 0 Å². The predicted octanol–water partition coefficient (Wildman–Crippen LogP) is 2.64. The van der Waals surface area contributed by atoms with Crippen LogP contribution in [-0.4, -0.2) is 25.8 Å². The van der Waals surface area contributed by atoms with E-state index in [2.05, 4.69) is 30.0 Å². The molecule has 2 aliphatic rings. The van der Waals surface area contributed by atoms with Gasteiger partial charge in [0.05, 0.1) is 6.10 Å². The number of ether oxygens (including phenoxy) is 1. The second kappa shape index (κ2) is 5.51. The summed E-state index contributed by atoms with van der Waals surface area (Å²) in [5, 5.41) is 0. The zero-order chi connectivity index (χ0) is 13.2. The van der Waals surface area contributed by atoms with Gasteiger partial charge >= 0.3 is 0 Å². The molecule has 19 heavy (non-hydrogen) atoms. The molecule has 2 unspecified atom stereocenters. The van der Waals surface area contributed by atoms with Crippen molar-refractivity contribution in [1.82, 2.24) is 0 Å². The van der Waals surface area contributed by atoms with Gasteiger partial charge in [-0.15, -0.1) is 0 Å². The lowest BCUT2D eigenvalue weighted by Crippen LogP contribution is -2.36. The van der Waals surface area contributed by atoms with Gasteiger partial charge in [0, 0.05) is 31.4 Å². The van der Waals surface area contributed by atoms with Crippen molar-refractivity contribution in [2.75, 3.05) is 24.6 Å². The molecule has 1 saturated heterocycles. The third kappa shape index (κ3) is 2.77. The molecule has 3 heteroatoms. The van der Waals surface area contributed by atoms with Crippen molar-refractivity contribution < 1.29 is 4.74 Å². The molecule has 2 N–H and O–H groups in total. The summed E-state index contributed by atoms with van der Waals surface area (Å²) in [4.78, 5) is 2.50. The Labute approximate surface area is 115 Å². The number of nitrogens with zero attached hydrogens (tertiary/aromatic N) is 1. The molecule has 1 aromatic rings. The maximum atomic E-state index is 5.98. The molecule has 1 aromatic carbocycles. The Morgan fingerprint density at radius 1 is 1.42 bits per heavy atom. The monoisotopic (exact) mass is 260 g/mol. The van der Waals surface area contributed by atoms with Gasteiger partial charge in [-0.1, -0.05) is 12.1 Å². The summed E-state index contributed by atoms with van der Waals surface area (Å²) < 4.78 is 5.77. The van der Waals surface area contributed by atoms with Crippen LogP contribution in [0.1, 0.15) is 43.4 Å². The van der Waals surface area contributed by atoms with Crippen molar-refractivity contribution in [1.29, 1.82) is 0 Å². The van der Waals surface area contributed by atoms with Crippen LogP contribution >= 0.6 is 0 Å². The molecular formula is C16H24N2O. The van der Waals surface area contributed by atoms with Crippen LogP contribution in [0.25, 0.3) is 0 Å². The van der Waals surface area contributed by atoms with Crippen molar-refractivity contribution in [3.63, 3.8) is 0 Å². The molecule has 0 aromatic heterocycles. The first-order chi connectivity index (χ1) is 9.24. The smallest absolute Gasteiger partial charge is 0.0750 e. The third-order valence-corrected chi connectivity index (χ3v) is 4.29. The summed E-state index contributed by atoms with van der Waals surface area (Å²) in [5.41, 5.74) is 10.1.